The monoisotopic (exact) mass is 419 g/mol. The number of nitrogens with one attached hydrogen (secondary N) is 2. The Kier molecular flexibility index (Phi) is 7.14. The van der Waals surface area contributed by atoms with Crippen LogP contribution in [-0.2, 0) is 4.79 Å². The van der Waals surface area contributed by atoms with E-state index in [4.69, 9.17) is 0 Å². The molecule has 2 N–H and O–H groups in total. The lowest BCUT2D eigenvalue weighted by Gasteiger charge is -2.14. The van der Waals surface area contributed by atoms with Gasteiger partial charge in [-0.15, -0.1) is 11.8 Å². The second kappa shape index (κ2) is 9.98. The highest BCUT2D eigenvalue weighted by Gasteiger charge is 2.13. The third-order valence-corrected chi connectivity index (χ3v) is 5.54. The highest BCUT2D eigenvalue weighted by molar-refractivity contribution is 8.00. The molecule has 154 valence electrons. The van der Waals surface area contributed by atoms with Crippen molar-refractivity contribution in [2.75, 3.05) is 35.4 Å². The Balaban J connectivity index is 1.62. The number of anilines is 3. The molecule has 0 spiro atoms. The molecule has 0 bridgehead atoms. The van der Waals surface area contributed by atoms with Crippen LogP contribution in [0.2, 0.25) is 0 Å². The summed E-state index contributed by atoms with van der Waals surface area (Å²) in [5.41, 5.74) is 4.23. The van der Waals surface area contributed by atoms with Gasteiger partial charge in [-0.2, -0.15) is 0 Å². The number of hydrogen-bond donors (Lipinski definition) is 2. The predicted octanol–water partition coefficient (Wildman–Crippen LogP) is 5.04. The Morgan fingerprint density at radius 1 is 0.833 bits per heavy atom. The highest BCUT2D eigenvalue weighted by atomic mass is 32.2. The van der Waals surface area contributed by atoms with Crippen LogP contribution >= 0.6 is 11.8 Å². The summed E-state index contributed by atoms with van der Waals surface area (Å²) in [7, 11) is 3.94. The van der Waals surface area contributed by atoms with Crippen molar-refractivity contribution >= 4 is 40.6 Å². The zero-order chi connectivity index (χ0) is 21.5. The lowest BCUT2D eigenvalue weighted by Crippen LogP contribution is -2.16. The van der Waals surface area contributed by atoms with E-state index >= 15 is 0 Å². The molecule has 30 heavy (non-hydrogen) atoms. The second-order valence-electron chi connectivity index (χ2n) is 7.09. The molecule has 0 aliphatic carbocycles. The fourth-order valence-electron chi connectivity index (χ4n) is 2.80. The number of aryl methyl sites for hydroxylation is 1. The minimum Gasteiger partial charge on any atom is -0.378 e. The molecule has 0 fully saturated rings. The lowest BCUT2D eigenvalue weighted by atomic mass is 10.2. The molecule has 0 saturated heterocycles. The van der Waals surface area contributed by atoms with Crippen molar-refractivity contribution in [1.82, 2.24) is 0 Å². The smallest absolute Gasteiger partial charge is 0.256 e. The van der Waals surface area contributed by atoms with Crippen molar-refractivity contribution in [1.29, 1.82) is 0 Å². The number of amides is 2. The van der Waals surface area contributed by atoms with Crippen LogP contribution in [0.15, 0.2) is 77.7 Å². The van der Waals surface area contributed by atoms with E-state index in [-0.39, 0.29) is 17.6 Å². The van der Waals surface area contributed by atoms with Gasteiger partial charge in [0.15, 0.2) is 0 Å². The lowest BCUT2D eigenvalue weighted by molar-refractivity contribution is -0.113. The van der Waals surface area contributed by atoms with Gasteiger partial charge in [0.2, 0.25) is 5.91 Å². The fraction of sp³-hybridized carbons (Fsp3) is 0.167. The van der Waals surface area contributed by atoms with Gasteiger partial charge >= 0.3 is 0 Å². The van der Waals surface area contributed by atoms with Gasteiger partial charge in [-0.25, -0.2) is 0 Å². The SMILES string of the molecule is Cc1ccc(NC(=O)CSc2ccccc2C(=O)Nc2ccc(N(C)C)cc2)cc1. The zero-order valence-corrected chi connectivity index (χ0v) is 18.1. The maximum absolute atomic E-state index is 12.8. The van der Waals surface area contributed by atoms with Gasteiger partial charge in [-0.3, -0.25) is 9.59 Å². The molecule has 0 heterocycles. The van der Waals surface area contributed by atoms with Gasteiger partial charge in [0.25, 0.3) is 5.91 Å². The van der Waals surface area contributed by atoms with Crippen molar-refractivity contribution in [3.63, 3.8) is 0 Å². The van der Waals surface area contributed by atoms with Crippen molar-refractivity contribution in [3.05, 3.63) is 83.9 Å². The number of nitrogens with zero attached hydrogens (tertiary/aromatic N) is 1. The van der Waals surface area contributed by atoms with Gasteiger partial charge in [-0.05, 0) is 55.5 Å². The van der Waals surface area contributed by atoms with Crippen molar-refractivity contribution in [3.8, 4) is 0 Å². The van der Waals surface area contributed by atoms with Crippen LogP contribution in [-0.4, -0.2) is 31.7 Å². The summed E-state index contributed by atoms with van der Waals surface area (Å²) in [6.07, 6.45) is 0. The van der Waals surface area contributed by atoms with Crippen LogP contribution in [0.25, 0.3) is 0 Å². The Hall–Kier alpha value is -3.25. The van der Waals surface area contributed by atoms with Crippen LogP contribution in [0.1, 0.15) is 15.9 Å². The van der Waals surface area contributed by atoms with E-state index in [2.05, 4.69) is 10.6 Å². The Morgan fingerprint density at radius 2 is 1.43 bits per heavy atom. The Labute approximate surface area is 181 Å². The number of benzene rings is 3. The number of hydrogen-bond acceptors (Lipinski definition) is 4. The maximum Gasteiger partial charge on any atom is 0.256 e. The molecular weight excluding hydrogens is 394 g/mol. The Bertz CT molecular complexity index is 1020. The molecule has 6 heteroatoms. The first-order chi connectivity index (χ1) is 14.4. The number of carbonyl (C=O) groups is 2. The average Bonchev–Trinajstić information content (AvgIpc) is 2.74. The van der Waals surface area contributed by atoms with Gasteiger partial charge in [-0.1, -0.05) is 29.8 Å². The first kappa shape index (κ1) is 21.5. The maximum atomic E-state index is 12.8. The van der Waals surface area contributed by atoms with E-state index in [0.29, 0.717) is 5.56 Å². The van der Waals surface area contributed by atoms with Gasteiger partial charge in [0.1, 0.15) is 0 Å². The van der Waals surface area contributed by atoms with Crippen LogP contribution in [0.4, 0.5) is 17.1 Å². The van der Waals surface area contributed by atoms with E-state index in [9.17, 15) is 9.59 Å². The topological polar surface area (TPSA) is 61.4 Å². The molecule has 5 nitrogen and oxygen atoms in total. The van der Waals surface area contributed by atoms with E-state index in [1.54, 1.807) is 6.07 Å². The molecule has 3 rings (SSSR count). The minimum atomic E-state index is -0.199. The van der Waals surface area contributed by atoms with E-state index < -0.39 is 0 Å². The van der Waals surface area contributed by atoms with Crippen LogP contribution in [0, 0.1) is 6.92 Å². The number of thioether (sulfide) groups is 1. The first-order valence-electron chi connectivity index (χ1n) is 9.59. The average molecular weight is 420 g/mol. The van der Waals surface area contributed by atoms with E-state index in [1.807, 2.05) is 92.6 Å². The fourth-order valence-corrected chi connectivity index (χ4v) is 3.65. The molecular formula is C24H25N3O2S. The highest BCUT2D eigenvalue weighted by Crippen LogP contribution is 2.24. The third-order valence-electron chi connectivity index (χ3n) is 4.47. The van der Waals surface area contributed by atoms with Crippen LogP contribution in [0.5, 0.6) is 0 Å². The standard InChI is InChI=1S/C24H25N3O2S/c1-17-8-10-18(11-9-17)25-23(28)16-30-22-7-5-4-6-21(22)24(29)26-19-12-14-20(15-13-19)27(2)3/h4-15H,16H2,1-3H3,(H,25,28)(H,26,29). The molecule has 0 aliphatic rings. The largest absolute Gasteiger partial charge is 0.378 e. The van der Waals surface area contributed by atoms with Gasteiger partial charge in [0, 0.05) is 36.1 Å². The van der Waals surface area contributed by atoms with Crippen LogP contribution < -0.4 is 15.5 Å². The summed E-state index contributed by atoms with van der Waals surface area (Å²) in [4.78, 5) is 27.8. The van der Waals surface area contributed by atoms with E-state index in [0.717, 1.165) is 27.5 Å². The first-order valence-corrected chi connectivity index (χ1v) is 10.6. The number of carbonyl (C=O) groups excluding carboxylic acids is 2. The Morgan fingerprint density at radius 3 is 2.10 bits per heavy atom. The predicted molar refractivity (Wildman–Crippen MR) is 126 cm³/mol. The normalized spacial score (nSPS) is 10.4. The summed E-state index contributed by atoms with van der Waals surface area (Å²) in [5.74, 6) is -0.0941. The molecule has 0 unspecified atom stereocenters. The summed E-state index contributed by atoms with van der Waals surface area (Å²) < 4.78 is 0. The molecule has 3 aromatic rings. The third kappa shape index (κ3) is 5.87. The van der Waals surface area contributed by atoms with Crippen molar-refractivity contribution in [2.24, 2.45) is 0 Å². The summed E-state index contributed by atoms with van der Waals surface area (Å²) in [5, 5.41) is 5.80. The molecule has 0 aromatic heterocycles. The minimum absolute atomic E-state index is 0.113. The summed E-state index contributed by atoms with van der Waals surface area (Å²) in [6.45, 7) is 2.00. The van der Waals surface area contributed by atoms with Gasteiger partial charge < -0.3 is 15.5 Å². The molecule has 0 atom stereocenters. The van der Waals surface area contributed by atoms with E-state index in [1.165, 1.54) is 11.8 Å². The molecule has 0 saturated carbocycles. The van der Waals surface area contributed by atoms with Gasteiger partial charge in [0.05, 0.1) is 11.3 Å². The molecule has 0 radical (unpaired) electrons. The quantitative estimate of drug-likeness (QED) is 0.527. The summed E-state index contributed by atoms with van der Waals surface area (Å²) >= 11 is 1.34. The summed E-state index contributed by atoms with van der Waals surface area (Å²) in [6, 6.07) is 22.6. The van der Waals surface area contributed by atoms with Crippen LogP contribution in [0.3, 0.4) is 0 Å². The zero-order valence-electron chi connectivity index (χ0n) is 17.3. The second-order valence-corrected chi connectivity index (χ2v) is 8.11. The molecule has 3 aromatic carbocycles. The molecule has 0 aliphatic heterocycles. The molecule has 2 amide bonds. The van der Waals surface area contributed by atoms with Crippen molar-refractivity contribution < 1.29 is 9.59 Å². The van der Waals surface area contributed by atoms with Crippen molar-refractivity contribution in [2.45, 2.75) is 11.8 Å². The number of rotatable bonds is 7.